The van der Waals surface area contributed by atoms with E-state index in [1.54, 1.807) is 12.3 Å². The first-order valence-electron chi connectivity index (χ1n) is 5.85. The molecule has 0 aliphatic rings. The van der Waals surface area contributed by atoms with E-state index in [1.807, 2.05) is 6.92 Å². The first kappa shape index (κ1) is 14.8. The average Bonchev–Trinajstić information content (AvgIpc) is 2.27. The van der Waals surface area contributed by atoms with Gasteiger partial charge in [0, 0.05) is 37.2 Å². The smallest absolute Gasteiger partial charge is 0.365 e. The molecule has 18 heavy (non-hydrogen) atoms. The summed E-state index contributed by atoms with van der Waals surface area (Å²) in [6, 6.07) is 1.61. The van der Waals surface area contributed by atoms with Crippen LogP contribution in [0.5, 0.6) is 0 Å². The molecule has 0 spiro atoms. The van der Waals surface area contributed by atoms with Crippen LogP contribution in [0, 0.1) is 0 Å². The standard InChI is InChI=1S/C12H18F3N3/c1-3-5-16-7-10-8-17-6-4-11(10)18(2)9-12(13,14)15/h4,6,8,16H,3,5,7,9H2,1-2H3. The topological polar surface area (TPSA) is 28.2 Å². The number of hydrogen-bond acceptors (Lipinski definition) is 3. The molecule has 0 aromatic carbocycles. The molecule has 1 aromatic rings. The fourth-order valence-corrected chi connectivity index (χ4v) is 1.68. The summed E-state index contributed by atoms with van der Waals surface area (Å²) in [6.07, 6.45) is -0.115. The molecule has 3 nitrogen and oxygen atoms in total. The molecule has 1 aromatic heterocycles. The highest BCUT2D eigenvalue weighted by Crippen LogP contribution is 2.23. The first-order chi connectivity index (χ1) is 8.44. The summed E-state index contributed by atoms with van der Waals surface area (Å²) in [5, 5.41) is 3.16. The van der Waals surface area contributed by atoms with Crippen molar-refractivity contribution in [3.8, 4) is 0 Å². The second-order valence-corrected chi connectivity index (χ2v) is 4.15. The minimum atomic E-state index is -4.20. The summed E-state index contributed by atoms with van der Waals surface area (Å²) in [6.45, 7) is 2.43. The molecule has 0 saturated carbocycles. The second-order valence-electron chi connectivity index (χ2n) is 4.15. The van der Waals surface area contributed by atoms with Crippen molar-refractivity contribution >= 4 is 5.69 Å². The minimum Gasteiger partial charge on any atom is -0.365 e. The minimum absolute atomic E-state index is 0.527. The summed E-state index contributed by atoms with van der Waals surface area (Å²) in [7, 11) is 1.44. The van der Waals surface area contributed by atoms with Gasteiger partial charge in [-0.15, -0.1) is 0 Å². The van der Waals surface area contributed by atoms with Crippen LogP contribution in [0.25, 0.3) is 0 Å². The van der Waals surface area contributed by atoms with Gasteiger partial charge in [-0.2, -0.15) is 13.2 Å². The lowest BCUT2D eigenvalue weighted by molar-refractivity contribution is -0.119. The molecule has 0 bridgehead atoms. The third kappa shape index (κ3) is 4.91. The number of alkyl halides is 3. The Morgan fingerprint density at radius 3 is 2.72 bits per heavy atom. The van der Waals surface area contributed by atoms with Crippen molar-refractivity contribution in [3.05, 3.63) is 24.0 Å². The highest BCUT2D eigenvalue weighted by atomic mass is 19.4. The van der Waals surface area contributed by atoms with Gasteiger partial charge in [0.15, 0.2) is 0 Å². The Hall–Kier alpha value is -1.30. The predicted molar refractivity (Wildman–Crippen MR) is 65.6 cm³/mol. The molecule has 102 valence electrons. The molecule has 1 rings (SSSR count). The van der Waals surface area contributed by atoms with Crippen molar-refractivity contribution in [1.82, 2.24) is 10.3 Å². The Morgan fingerprint density at radius 1 is 1.39 bits per heavy atom. The largest absolute Gasteiger partial charge is 0.405 e. The summed E-state index contributed by atoms with van der Waals surface area (Å²) >= 11 is 0. The van der Waals surface area contributed by atoms with Gasteiger partial charge in [0.2, 0.25) is 0 Å². The van der Waals surface area contributed by atoms with Gasteiger partial charge < -0.3 is 10.2 Å². The van der Waals surface area contributed by atoms with E-state index in [0.717, 1.165) is 18.5 Å². The van der Waals surface area contributed by atoms with Crippen molar-refractivity contribution in [2.75, 3.05) is 25.0 Å². The molecule has 0 amide bonds. The van der Waals surface area contributed by atoms with Gasteiger partial charge in [-0.3, -0.25) is 4.98 Å². The van der Waals surface area contributed by atoms with Crippen LogP contribution in [-0.2, 0) is 6.54 Å². The van der Waals surface area contributed by atoms with Crippen LogP contribution in [0.3, 0.4) is 0 Å². The zero-order chi connectivity index (χ0) is 13.6. The Morgan fingerprint density at radius 2 is 2.11 bits per heavy atom. The normalized spacial score (nSPS) is 11.6. The van der Waals surface area contributed by atoms with E-state index in [4.69, 9.17) is 0 Å². The van der Waals surface area contributed by atoms with E-state index in [-0.39, 0.29) is 0 Å². The van der Waals surface area contributed by atoms with Crippen LogP contribution in [-0.4, -0.2) is 31.3 Å². The molecule has 0 saturated heterocycles. The number of rotatable bonds is 6. The van der Waals surface area contributed by atoms with Crippen molar-refractivity contribution in [3.63, 3.8) is 0 Å². The van der Waals surface area contributed by atoms with Gasteiger partial charge in [-0.25, -0.2) is 0 Å². The summed E-state index contributed by atoms with van der Waals surface area (Å²) in [5.74, 6) is 0. The van der Waals surface area contributed by atoms with E-state index in [1.165, 1.54) is 18.1 Å². The maximum Gasteiger partial charge on any atom is 0.405 e. The highest BCUT2D eigenvalue weighted by molar-refractivity contribution is 5.51. The monoisotopic (exact) mass is 261 g/mol. The molecule has 0 radical (unpaired) electrons. The zero-order valence-electron chi connectivity index (χ0n) is 10.6. The molecular formula is C12H18F3N3. The number of aromatic nitrogens is 1. The molecule has 0 aliphatic carbocycles. The van der Waals surface area contributed by atoms with Crippen LogP contribution >= 0.6 is 0 Å². The summed E-state index contributed by atoms with van der Waals surface area (Å²) in [4.78, 5) is 5.15. The van der Waals surface area contributed by atoms with Gasteiger partial charge >= 0.3 is 6.18 Å². The van der Waals surface area contributed by atoms with E-state index in [2.05, 4.69) is 10.3 Å². The third-order valence-corrected chi connectivity index (χ3v) is 2.45. The molecule has 0 unspecified atom stereocenters. The van der Waals surface area contributed by atoms with Gasteiger partial charge in [0.05, 0.1) is 0 Å². The van der Waals surface area contributed by atoms with Gasteiger partial charge in [0.25, 0.3) is 0 Å². The van der Waals surface area contributed by atoms with Crippen LogP contribution < -0.4 is 10.2 Å². The Bertz CT molecular complexity index is 366. The van der Waals surface area contributed by atoms with E-state index >= 15 is 0 Å². The number of pyridine rings is 1. The lowest BCUT2D eigenvalue weighted by Gasteiger charge is -2.23. The average molecular weight is 261 g/mol. The maximum atomic E-state index is 12.4. The van der Waals surface area contributed by atoms with Gasteiger partial charge in [-0.05, 0) is 19.0 Å². The first-order valence-corrected chi connectivity index (χ1v) is 5.85. The molecule has 0 atom stereocenters. The lowest BCUT2D eigenvalue weighted by Crippen LogP contribution is -2.32. The number of nitrogens with one attached hydrogen (secondary N) is 1. The maximum absolute atomic E-state index is 12.4. The van der Waals surface area contributed by atoms with Crippen LogP contribution in [0.4, 0.5) is 18.9 Å². The Labute approximate surface area is 105 Å². The van der Waals surface area contributed by atoms with Gasteiger partial charge in [0.1, 0.15) is 6.54 Å². The van der Waals surface area contributed by atoms with Crippen molar-refractivity contribution in [1.29, 1.82) is 0 Å². The number of hydrogen-bond donors (Lipinski definition) is 1. The van der Waals surface area contributed by atoms with E-state index < -0.39 is 12.7 Å². The summed E-state index contributed by atoms with van der Waals surface area (Å²) in [5.41, 5.74) is 1.34. The fourth-order valence-electron chi connectivity index (χ4n) is 1.68. The molecule has 1 heterocycles. The van der Waals surface area contributed by atoms with Crippen molar-refractivity contribution in [2.24, 2.45) is 0 Å². The molecule has 0 aliphatic heterocycles. The Kier molecular flexibility index (Phi) is 5.40. The third-order valence-electron chi connectivity index (χ3n) is 2.45. The van der Waals surface area contributed by atoms with Gasteiger partial charge in [-0.1, -0.05) is 6.92 Å². The number of halogens is 3. The molecule has 0 fully saturated rings. The number of nitrogens with zero attached hydrogens (tertiary/aromatic N) is 2. The van der Waals surface area contributed by atoms with Crippen LogP contribution in [0.15, 0.2) is 18.5 Å². The predicted octanol–water partition coefficient (Wildman–Crippen LogP) is 2.58. The molecule has 6 heteroatoms. The number of anilines is 1. The summed E-state index contributed by atoms with van der Waals surface area (Å²) < 4.78 is 37.1. The SMILES string of the molecule is CCCNCc1cnccc1N(C)CC(F)(F)F. The second kappa shape index (κ2) is 6.58. The van der Waals surface area contributed by atoms with Crippen molar-refractivity contribution in [2.45, 2.75) is 26.1 Å². The fraction of sp³-hybridized carbons (Fsp3) is 0.583. The molecule has 1 N–H and O–H groups in total. The van der Waals surface area contributed by atoms with Crippen LogP contribution in [0.2, 0.25) is 0 Å². The van der Waals surface area contributed by atoms with E-state index in [0.29, 0.717) is 12.2 Å². The quantitative estimate of drug-likeness (QED) is 0.798. The zero-order valence-corrected chi connectivity index (χ0v) is 10.6. The Balaban J connectivity index is 2.74. The van der Waals surface area contributed by atoms with Crippen LogP contribution in [0.1, 0.15) is 18.9 Å². The lowest BCUT2D eigenvalue weighted by atomic mass is 10.2. The molecular weight excluding hydrogens is 243 g/mol. The highest BCUT2D eigenvalue weighted by Gasteiger charge is 2.29. The van der Waals surface area contributed by atoms with Crippen molar-refractivity contribution < 1.29 is 13.2 Å². The van der Waals surface area contributed by atoms with E-state index in [9.17, 15) is 13.2 Å².